The monoisotopic (exact) mass is 322 g/mol. The number of carbonyl (C=O) groups is 1. The summed E-state index contributed by atoms with van der Waals surface area (Å²) < 4.78 is 13.4. The van der Waals surface area contributed by atoms with Gasteiger partial charge in [-0.25, -0.2) is 4.39 Å². The third-order valence-electron chi connectivity index (χ3n) is 2.95. The van der Waals surface area contributed by atoms with Gasteiger partial charge in [-0.15, -0.1) is 0 Å². The molecule has 6 heteroatoms. The third-order valence-corrected chi connectivity index (χ3v) is 3.46. The van der Waals surface area contributed by atoms with Crippen molar-refractivity contribution < 1.29 is 9.18 Å². The molecule has 2 rings (SSSR count). The second kappa shape index (κ2) is 6.20. The number of amides is 1. The fourth-order valence-corrected chi connectivity index (χ4v) is 2.32. The second-order valence-electron chi connectivity index (χ2n) is 4.44. The summed E-state index contributed by atoms with van der Waals surface area (Å²) in [6.45, 7) is 1.84. The number of rotatable bonds is 3. The van der Waals surface area contributed by atoms with Crippen LogP contribution in [0.2, 0.25) is 5.02 Å². The quantitative estimate of drug-likeness (QED) is 0.848. The highest BCUT2D eigenvalue weighted by Gasteiger charge is 2.13. The van der Waals surface area contributed by atoms with E-state index in [1.54, 1.807) is 12.1 Å². The van der Waals surface area contributed by atoms with Gasteiger partial charge in [-0.05, 0) is 36.8 Å². The number of anilines is 1. The summed E-state index contributed by atoms with van der Waals surface area (Å²) in [4.78, 5) is 12.3. The van der Waals surface area contributed by atoms with E-state index in [2.05, 4.69) is 5.32 Å². The highest BCUT2D eigenvalue weighted by Crippen LogP contribution is 2.21. The maximum absolute atomic E-state index is 13.4. The average Bonchev–Trinajstić information content (AvgIpc) is 2.41. The van der Waals surface area contributed by atoms with Gasteiger partial charge in [0.05, 0.1) is 10.7 Å². The summed E-state index contributed by atoms with van der Waals surface area (Å²) in [5, 5.41) is 2.64. The third kappa shape index (κ3) is 3.37. The number of halogens is 2. The van der Waals surface area contributed by atoms with Gasteiger partial charge >= 0.3 is 0 Å². The Balaban J connectivity index is 2.34. The predicted molar refractivity (Wildman–Crippen MR) is 86.4 cm³/mol. The SMILES string of the molecule is Cc1cccc(NC(=O)c2ccc(Cl)c(F)c2)c1C(N)=S. The largest absolute Gasteiger partial charge is 0.389 e. The predicted octanol–water partition coefficient (Wildman–Crippen LogP) is 3.67. The van der Waals surface area contributed by atoms with Crippen LogP contribution in [0.5, 0.6) is 0 Å². The van der Waals surface area contributed by atoms with Crippen molar-refractivity contribution in [2.24, 2.45) is 5.73 Å². The normalized spacial score (nSPS) is 10.2. The summed E-state index contributed by atoms with van der Waals surface area (Å²) in [5.41, 5.74) is 7.77. The maximum Gasteiger partial charge on any atom is 0.255 e. The molecule has 0 unspecified atom stereocenters. The summed E-state index contributed by atoms with van der Waals surface area (Å²) >= 11 is 10.6. The molecule has 3 N–H and O–H groups in total. The topological polar surface area (TPSA) is 55.1 Å². The van der Waals surface area contributed by atoms with Crippen LogP contribution in [0.1, 0.15) is 21.5 Å². The fraction of sp³-hybridized carbons (Fsp3) is 0.0667. The number of benzene rings is 2. The molecule has 0 heterocycles. The summed E-state index contributed by atoms with van der Waals surface area (Å²) in [6.07, 6.45) is 0. The van der Waals surface area contributed by atoms with Gasteiger partial charge in [-0.2, -0.15) is 0 Å². The van der Waals surface area contributed by atoms with Crippen LogP contribution in [0.4, 0.5) is 10.1 Å². The summed E-state index contributed by atoms with van der Waals surface area (Å²) in [7, 11) is 0. The number of nitrogens with one attached hydrogen (secondary N) is 1. The number of nitrogens with two attached hydrogens (primary N) is 1. The standard InChI is InChI=1S/C15H12ClFN2OS/c1-8-3-2-4-12(13(8)14(18)21)19-15(20)9-5-6-10(16)11(17)7-9/h2-7H,1H3,(H2,18,21)(H,19,20). The molecular weight excluding hydrogens is 311 g/mol. The fourth-order valence-electron chi connectivity index (χ4n) is 1.93. The van der Waals surface area contributed by atoms with Crippen LogP contribution >= 0.6 is 23.8 Å². The van der Waals surface area contributed by atoms with E-state index >= 15 is 0 Å². The lowest BCUT2D eigenvalue weighted by Gasteiger charge is -2.12. The Morgan fingerprint density at radius 2 is 2.05 bits per heavy atom. The van der Waals surface area contributed by atoms with Crippen molar-refractivity contribution in [1.29, 1.82) is 0 Å². The zero-order chi connectivity index (χ0) is 15.6. The van der Waals surface area contributed by atoms with E-state index in [1.165, 1.54) is 12.1 Å². The van der Waals surface area contributed by atoms with Gasteiger partial charge < -0.3 is 11.1 Å². The first-order valence-electron chi connectivity index (χ1n) is 6.06. The van der Waals surface area contributed by atoms with Crippen molar-refractivity contribution in [3.8, 4) is 0 Å². The van der Waals surface area contributed by atoms with E-state index in [-0.39, 0.29) is 15.6 Å². The number of hydrogen-bond acceptors (Lipinski definition) is 2. The van der Waals surface area contributed by atoms with E-state index in [1.807, 2.05) is 13.0 Å². The molecule has 1 amide bonds. The Bertz CT molecular complexity index is 734. The average molecular weight is 323 g/mol. The van der Waals surface area contributed by atoms with Crippen LogP contribution in [0.3, 0.4) is 0 Å². The Hall–Kier alpha value is -1.98. The van der Waals surface area contributed by atoms with Gasteiger partial charge in [-0.3, -0.25) is 4.79 Å². The molecule has 0 bridgehead atoms. The van der Waals surface area contributed by atoms with E-state index < -0.39 is 11.7 Å². The Morgan fingerprint density at radius 1 is 1.33 bits per heavy atom. The molecular formula is C15H12ClFN2OS. The smallest absolute Gasteiger partial charge is 0.255 e. The van der Waals surface area contributed by atoms with Crippen molar-refractivity contribution in [2.75, 3.05) is 5.32 Å². The Labute approximate surface area is 131 Å². The first-order chi connectivity index (χ1) is 9.90. The van der Waals surface area contributed by atoms with Crippen LogP contribution in [-0.2, 0) is 0 Å². The molecule has 0 spiro atoms. The first-order valence-corrected chi connectivity index (χ1v) is 6.84. The summed E-state index contributed by atoms with van der Waals surface area (Å²) in [6, 6.07) is 9.15. The van der Waals surface area contributed by atoms with E-state index in [0.29, 0.717) is 11.3 Å². The van der Waals surface area contributed by atoms with E-state index in [0.717, 1.165) is 11.6 Å². The molecule has 2 aromatic rings. The minimum atomic E-state index is -0.650. The van der Waals surface area contributed by atoms with Crippen molar-refractivity contribution in [3.63, 3.8) is 0 Å². The molecule has 3 nitrogen and oxygen atoms in total. The van der Waals surface area contributed by atoms with Crippen LogP contribution in [-0.4, -0.2) is 10.9 Å². The molecule has 0 atom stereocenters. The lowest BCUT2D eigenvalue weighted by Crippen LogP contribution is -2.18. The lowest BCUT2D eigenvalue weighted by atomic mass is 10.1. The van der Waals surface area contributed by atoms with Crippen LogP contribution in [0.25, 0.3) is 0 Å². The van der Waals surface area contributed by atoms with Crippen LogP contribution < -0.4 is 11.1 Å². The molecule has 108 valence electrons. The zero-order valence-electron chi connectivity index (χ0n) is 11.1. The first kappa shape index (κ1) is 15.4. The number of thiocarbonyl (C=S) groups is 1. The van der Waals surface area contributed by atoms with Crippen LogP contribution in [0.15, 0.2) is 36.4 Å². The highest BCUT2D eigenvalue weighted by molar-refractivity contribution is 7.80. The van der Waals surface area contributed by atoms with Gasteiger partial charge in [-0.1, -0.05) is 36.0 Å². The van der Waals surface area contributed by atoms with Crippen molar-refractivity contribution in [3.05, 3.63) is 63.9 Å². The molecule has 0 aliphatic carbocycles. The van der Waals surface area contributed by atoms with E-state index in [9.17, 15) is 9.18 Å². The van der Waals surface area contributed by atoms with Gasteiger partial charge in [0.2, 0.25) is 0 Å². The Morgan fingerprint density at radius 3 is 2.67 bits per heavy atom. The molecule has 0 saturated heterocycles. The molecule has 0 aromatic heterocycles. The second-order valence-corrected chi connectivity index (χ2v) is 5.29. The van der Waals surface area contributed by atoms with Gasteiger partial charge in [0.15, 0.2) is 0 Å². The van der Waals surface area contributed by atoms with E-state index in [4.69, 9.17) is 29.6 Å². The minimum absolute atomic E-state index is 0.0362. The van der Waals surface area contributed by atoms with Crippen molar-refractivity contribution in [1.82, 2.24) is 0 Å². The highest BCUT2D eigenvalue weighted by atomic mass is 35.5. The minimum Gasteiger partial charge on any atom is -0.389 e. The molecule has 0 radical (unpaired) electrons. The molecule has 2 aromatic carbocycles. The molecule has 21 heavy (non-hydrogen) atoms. The molecule has 0 aliphatic rings. The van der Waals surface area contributed by atoms with Gasteiger partial charge in [0, 0.05) is 11.1 Å². The summed E-state index contributed by atoms with van der Waals surface area (Å²) in [5.74, 6) is -1.11. The lowest BCUT2D eigenvalue weighted by molar-refractivity contribution is 0.102. The van der Waals surface area contributed by atoms with Gasteiger partial charge in [0.25, 0.3) is 5.91 Å². The van der Waals surface area contributed by atoms with Gasteiger partial charge in [0.1, 0.15) is 10.8 Å². The maximum atomic E-state index is 13.4. The number of aryl methyl sites for hydroxylation is 1. The zero-order valence-corrected chi connectivity index (χ0v) is 12.7. The molecule has 0 saturated carbocycles. The van der Waals surface area contributed by atoms with Crippen molar-refractivity contribution in [2.45, 2.75) is 6.92 Å². The van der Waals surface area contributed by atoms with Crippen molar-refractivity contribution >= 4 is 40.4 Å². The Kier molecular flexibility index (Phi) is 4.55. The van der Waals surface area contributed by atoms with Crippen LogP contribution in [0, 0.1) is 12.7 Å². The number of carbonyl (C=O) groups excluding carboxylic acids is 1. The molecule has 0 fully saturated rings. The number of hydrogen-bond donors (Lipinski definition) is 2. The molecule has 0 aliphatic heterocycles.